The summed E-state index contributed by atoms with van der Waals surface area (Å²) in [6.07, 6.45) is -0.855. The van der Waals surface area contributed by atoms with E-state index < -0.39 is 23.5 Å². The molecule has 0 fully saturated rings. The number of ether oxygens (including phenoxy) is 1. The highest BCUT2D eigenvalue weighted by molar-refractivity contribution is 5.99. The smallest absolute Gasteiger partial charge is 0.205 e. The lowest BCUT2D eigenvalue weighted by Crippen LogP contribution is -2.25. The molecule has 2 nitrogen and oxygen atoms in total. The zero-order valence-electron chi connectivity index (χ0n) is 12.1. The molecule has 0 aliphatic rings. The quantitative estimate of drug-likeness (QED) is 0.788. The number of carbonyl (C=O) groups is 1. The van der Waals surface area contributed by atoms with Gasteiger partial charge < -0.3 is 4.74 Å². The highest BCUT2D eigenvalue weighted by Crippen LogP contribution is 2.20. The van der Waals surface area contributed by atoms with Crippen molar-refractivity contribution in [1.29, 1.82) is 0 Å². The van der Waals surface area contributed by atoms with Crippen LogP contribution in [0.5, 0.6) is 5.75 Å². The molecule has 0 amide bonds. The van der Waals surface area contributed by atoms with E-state index in [0.29, 0.717) is 11.8 Å². The lowest BCUT2D eigenvalue weighted by molar-refractivity contribution is 0.0813. The monoisotopic (exact) mass is 290 g/mol. The van der Waals surface area contributed by atoms with Crippen molar-refractivity contribution in [2.45, 2.75) is 26.9 Å². The number of rotatable bonds is 4. The molecule has 0 aromatic heterocycles. The van der Waals surface area contributed by atoms with Gasteiger partial charge in [0.2, 0.25) is 5.78 Å². The average Bonchev–Trinajstić information content (AvgIpc) is 2.42. The van der Waals surface area contributed by atoms with Crippen molar-refractivity contribution in [3.8, 4) is 5.75 Å². The molecule has 0 bridgehead atoms. The van der Waals surface area contributed by atoms with Crippen molar-refractivity contribution in [3.05, 3.63) is 64.7 Å². The molecule has 0 radical (unpaired) electrons. The summed E-state index contributed by atoms with van der Waals surface area (Å²) >= 11 is 0. The van der Waals surface area contributed by atoms with Crippen molar-refractivity contribution >= 4 is 5.78 Å². The fourth-order valence-electron chi connectivity index (χ4n) is 1.95. The van der Waals surface area contributed by atoms with Gasteiger partial charge in [-0.2, -0.15) is 0 Å². The molecule has 0 saturated heterocycles. The highest BCUT2D eigenvalue weighted by atomic mass is 19.1. The van der Waals surface area contributed by atoms with Crippen LogP contribution in [0.25, 0.3) is 0 Å². The van der Waals surface area contributed by atoms with Crippen LogP contribution < -0.4 is 4.74 Å². The molecule has 0 aliphatic heterocycles. The summed E-state index contributed by atoms with van der Waals surface area (Å²) in [6, 6.07) is 8.34. The van der Waals surface area contributed by atoms with E-state index in [1.54, 1.807) is 13.0 Å². The van der Waals surface area contributed by atoms with Crippen LogP contribution in [-0.2, 0) is 0 Å². The first-order chi connectivity index (χ1) is 9.88. The summed E-state index contributed by atoms with van der Waals surface area (Å²) in [5, 5.41) is 0. The van der Waals surface area contributed by atoms with Crippen molar-refractivity contribution < 1.29 is 18.3 Å². The molecule has 21 heavy (non-hydrogen) atoms. The van der Waals surface area contributed by atoms with Crippen molar-refractivity contribution in [2.75, 3.05) is 0 Å². The van der Waals surface area contributed by atoms with Gasteiger partial charge in [-0.15, -0.1) is 0 Å². The van der Waals surface area contributed by atoms with E-state index >= 15 is 0 Å². The molecule has 0 aliphatic carbocycles. The molecule has 4 heteroatoms. The maximum absolute atomic E-state index is 13.6. The fraction of sp³-hybridized carbons (Fsp3) is 0.235. The van der Waals surface area contributed by atoms with Gasteiger partial charge in [0.05, 0.1) is 5.56 Å². The number of benzene rings is 2. The standard InChI is InChI=1S/C17H16F2O2/c1-10-4-6-14(8-11(10)2)21-12(3)17(20)15-7-5-13(18)9-16(15)19/h4-9,12H,1-3H3. The second-order valence-corrected chi connectivity index (χ2v) is 4.99. The van der Waals surface area contributed by atoms with E-state index in [9.17, 15) is 13.6 Å². The minimum Gasteiger partial charge on any atom is -0.483 e. The summed E-state index contributed by atoms with van der Waals surface area (Å²) in [4.78, 5) is 12.1. The molecule has 0 heterocycles. The molecule has 1 unspecified atom stereocenters. The van der Waals surface area contributed by atoms with Gasteiger partial charge in [-0.25, -0.2) is 8.78 Å². The maximum atomic E-state index is 13.6. The highest BCUT2D eigenvalue weighted by Gasteiger charge is 2.20. The van der Waals surface area contributed by atoms with Crippen LogP contribution in [0, 0.1) is 25.5 Å². The first-order valence-electron chi connectivity index (χ1n) is 6.61. The van der Waals surface area contributed by atoms with E-state index in [0.717, 1.165) is 23.3 Å². The molecular weight excluding hydrogens is 274 g/mol. The maximum Gasteiger partial charge on any atom is 0.205 e. The van der Waals surface area contributed by atoms with Gasteiger partial charge in [-0.3, -0.25) is 4.79 Å². The number of carbonyl (C=O) groups excluding carboxylic acids is 1. The van der Waals surface area contributed by atoms with Gasteiger partial charge >= 0.3 is 0 Å². The molecule has 1 atom stereocenters. The molecule has 2 aromatic rings. The predicted molar refractivity (Wildman–Crippen MR) is 76.7 cm³/mol. The Hall–Kier alpha value is -2.23. The number of aryl methyl sites for hydroxylation is 2. The van der Waals surface area contributed by atoms with Crippen LogP contribution in [0.3, 0.4) is 0 Å². The predicted octanol–water partition coefficient (Wildman–Crippen LogP) is 4.23. The molecule has 2 aromatic carbocycles. The average molecular weight is 290 g/mol. The zero-order valence-corrected chi connectivity index (χ0v) is 12.1. The van der Waals surface area contributed by atoms with E-state index in [4.69, 9.17) is 4.74 Å². The molecular formula is C17H16F2O2. The second-order valence-electron chi connectivity index (χ2n) is 4.99. The zero-order chi connectivity index (χ0) is 15.6. The SMILES string of the molecule is Cc1ccc(OC(C)C(=O)c2ccc(F)cc2F)cc1C. The minimum absolute atomic E-state index is 0.173. The number of hydrogen-bond acceptors (Lipinski definition) is 2. The van der Waals surface area contributed by atoms with Gasteiger partial charge in [0.15, 0.2) is 6.10 Å². The minimum atomic E-state index is -0.879. The third-order valence-electron chi connectivity index (χ3n) is 3.36. The second kappa shape index (κ2) is 6.04. The molecule has 2 rings (SSSR count). The Labute approximate surface area is 122 Å². The Morgan fingerprint density at radius 1 is 1.05 bits per heavy atom. The summed E-state index contributed by atoms with van der Waals surface area (Å²) < 4.78 is 32.0. The van der Waals surface area contributed by atoms with Crippen LogP contribution in [0.4, 0.5) is 8.78 Å². The van der Waals surface area contributed by atoms with Crippen molar-refractivity contribution in [2.24, 2.45) is 0 Å². The lowest BCUT2D eigenvalue weighted by atomic mass is 10.1. The molecule has 0 saturated carbocycles. The van der Waals surface area contributed by atoms with Crippen molar-refractivity contribution in [1.82, 2.24) is 0 Å². The molecule has 0 N–H and O–H groups in total. The number of hydrogen-bond donors (Lipinski definition) is 0. The third kappa shape index (κ3) is 3.45. The number of halogens is 2. The van der Waals surface area contributed by atoms with E-state index in [-0.39, 0.29) is 5.56 Å². The van der Waals surface area contributed by atoms with Crippen LogP contribution in [0.15, 0.2) is 36.4 Å². The number of Topliss-reactive ketones (excluding diaryl/α,β-unsaturated/α-hetero) is 1. The topological polar surface area (TPSA) is 26.3 Å². The first kappa shape index (κ1) is 15.2. The van der Waals surface area contributed by atoms with Gasteiger partial charge in [0.25, 0.3) is 0 Å². The van der Waals surface area contributed by atoms with E-state index in [2.05, 4.69) is 0 Å². The van der Waals surface area contributed by atoms with Gasteiger partial charge in [-0.1, -0.05) is 6.07 Å². The third-order valence-corrected chi connectivity index (χ3v) is 3.36. The largest absolute Gasteiger partial charge is 0.483 e. The fourth-order valence-corrected chi connectivity index (χ4v) is 1.95. The normalized spacial score (nSPS) is 12.0. The van der Waals surface area contributed by atoms with Crippen molar-refractivity contribution in [3.63, 3.8) is 0 Å². The molecule has 0 spiro atoms. The van der Waals surface area contributed by atoms with Crippen LogP contribution in [0.1, 0.15) is 28.4 Å². The Bertz CT molecular complexity index is 680. The van der Waals surface area contributed by atoms with Crippen LogP contribution >= 0.6 is 0 Å². The summed E-state index contributed by atoms with van der Waals surface area (Å²) in [7, 11) is 0. The van der Waals surface area contributed by atoms with Crippen LogP contribution in [0.2, 0.25) is 0 Å². The van der Waals surface area contributed by atoms with Gasteiger partial charge in [-0.05, 0) is 56.2 Å². The van der Waals surface area contributed by atoms with Gasteiger partial charge in [0.1, 0.15) is 17.4 Å². The first-order valence-corrected chi connectivity index (χ1v) is 6.61. The Balaban J connectivity index is 2.17. The molecule has 110 valence electrons. The summed E-state index contributed by atoms with van der Waals surface area (Å²) in [5.74, 6) is -1.57. The Morgan fingerprint density at radius 2 is 1.76 bits per heavy atom. The Kier molecular flexibility index (Phi) is 4.36. The van der Waals surface area contributed by atoms with Gasteiger partial charge in [0, 0.05) is 6.07 Å². The lowest BCUT2D eigenvalue weighted by Gasteiger charge is -2.15. The number of ketones is 1. The Morgan fingerprint density at radius 3 is 2.38 bits per heavy atom. The van der Waals surface area contributed by atoms with E-state index in [1.807, 2.05) is 26.0 Å². The summed E-state index contributed by atoms with van der Waals surface area (Å²) in [6.45, 7) is 5.45. The summed E-state index contributed by atoms with van der Waals surface area (Å²) in [5.41, 5.74) is 1.98. The van der Waals surface area contributed by atoms with Crippen LogP contribution in [-0.4, -0.2) is 11.9 Å². The van der Waals surface area contributed by atoms with E-state index in [1.165, 1.54) is 0 Å².